The summed E-state index contributed by atoms with van der Waals surface area (Å²) in [6.07, 6.45) is -9.92. The Morgan fingerprint density at radius 3 is 2.24 bits per heavy atom. The number of amides is 2. The number of hydrogen-bond acceptors (Lipinski definition) is 14. The molecule has 2 saturated heterocycles. The third kappa shape index (κ3) is 10.6. The first-order valence-corrected chi connectivity index (χ1v) is 18.4. The largest absolute Gasteiger partial charge is 0.479 e. The molecule has 51 heavy (non-hydrogen) atoms. The van der Waals surface area contributed by atoms with Crippen LogP contribution in [0.4, 0.5) is 0 Å². The quantitative estimate of drug-likeness (QED) is 0.0926. The highest BCUT2D eigenvalue weighted by Crippen LogP contribution is 2.40. The van der Waals surface area contributed by atoms with E-state index >= 15 is 0 Å². The Labute approximate surface area is 298 Å². The predicted octanol–water partition coefficient (Wildman–Crippen LogP) is -1.51. The van der Waals surface area contributed by atoms with Crippen LogP contribution >= 0.6 is 0 Å². The molecule has 2 heterocycles. The molecule has 4 aliphatic rings. The van der Waals surface area contributed by atoms with Crippen molar-refractivity contribution < 1.29 is 68.7 Å². The average Bonchev–Trinajstić information content (AvgIpc) is 3.11. The van der Waals surface area contributed by atoms with Gasteiger partial charge in [-0.1, -0.05) is 45.4 Å². The number of nitrogens with two attached hydrogens (primary N) is 1. The molecule has 15 atom stereocenters. The molecular weight excluding hydrogens is 674 g/mol. The first-order chi connectivity index (χ1) is 24.3. The standard InChI is InChI=1S/C34H59N3O14/c1-4-19-13-20(31(44)36-11-10-35)14-21(29(19)51-34-28(43)27(42)25(40)16(2)47-34)49-33-24(37-17(3)39)30(26(41)23(15-38)50-33)48-22(32(45)46)12-18-8-6-5-7-9-18/h16,18-30,33-34,38,40-43H,4-15,35H2,1-3H3,(H,36,44)(H,37,39)(H,45,46)/t16-,19?,20?,21+,22-,23?,24?,25?,26?,27?,28-,29?,30?,33+,34?/m0/s1. The lowest BCUT2D eigenvalue weighted by Gasteiger charge is -2.49. The Hall–Kier alpha value is -2.03. The molecule has 294 valence electrons. The fourth-order valence-electron chi connectivity index (χ4n) is 7.92. The first-order valence-electron chi connectivity index (χ1n) is 18.4. The van der Waals surface area contributed by atoms with E-state index in [-0.39, 0.29) is 43.7 Å². The van der Waals surface area contributed by atoms with Crippen molar-refractivity contribution in [1.29, 1.82) is 0 Å². The molecule has 10 unspecified atom stereocenters. The molecule has 2 aliphatic carbocycles. The van der Waals surface area contributed by atoms with Crippen molar-refractivity contribution in [3.8, 4) is 0 Å². The summed E-state index contributed by atoms with van der Waals surface area (Å²) in [6, 6.07) is -1.27. The minimum absolute atomic E-state index is 0.0606. The van der Waals surface area contributed by atoms with Crippen molar-refractivity contribution in [3.63, 3.8) is 0 Å². The van der Waals surface area contributed by atoms with Crippen LogP contribution in [0.1, 0.15) is 78.6 Å². The fraction of sp³-hybridized carbons (Fsp3) is 0.912. The van der Waals surface area contributed by atoms with Gasteiger partial charge in [0.2, 0.25) is 11.8 Å². The Morgan fingerprint density at radius 2 is 1.63 bits per heavy atom. The van der Waals surface area contributed by atoms with Crippen molar-refractivity contribution >= 4 is 17.8 Å². The number of nitrogens with one attached hydrogen (secondary N) is 2. The number of hydrogen-bond donors (Lipinski definition) is 9. The normalized spacial score (nSPS) is 39.9. The molecule has 0 bridgehead atoms. The summed E-state index contributed by atoms with van der Waals surface area (Å²) in [5, 5.41) is 68.8. The van der Waals surface area contributed by atoms with Gasteiger partial charge in [-0.25, -0.2) is 4.79 Å². The van der Waals surface area contributed by atoms with E-state index in [0.717, 1.165) is 32.1 Å². The van der Waals surface area contributed by atoms with Gasteiger partial charge in [0, 0.05) is 25.9 Å². The maximum Gasteiger partial charge on any atom is 0.332 e. The van der Waals surface area contributed by atoms with Gasteiger partial charge in [-0.2, -0.15) is 0 Å². The van der Waals surface area contributed by atoms with Crippen LogP contribution in [0.5, 0.6) is 0 Å². The lowest BCUT2D eigenvalue weighted by Crippen LogP contribution is -2.67. The number of carboxylic acids is 1. The van der Waals surface area contributed by atoms with Crippen LogP contribution in [-0.4, -0.2) is 148 Å². The van der Waals surface area contributed by atoms with Crippen LogP contribution < -0.4 is 16.4 Å². The van der Waals surface area contributed by atoms with Crippen LogP contribution in [0.25, 0.3) is 0 Å². The Balaban J connectivity index is 1.66. The number of carbonyl (C=O) groups excluding carboxylic acids is 2. The Morgan fingerprint density at radius 1 is 0.922 bits per heavy atom. The van der Waals surface area contributed by atoms with E-state index in [0.29, 0.717) is 12.8 Å². The number of aliphatic carboxylic acids is 1. The summed E-state index contributed by atoms with van der Waals surface area (Å²) in [5.74, 6) is -2.91. The lowest BCUT2D eigenvalue weighted by molar-refractivity contribution is -0.338. The molecule has 0 radical (unpaired) electrons. The van der Waals surface area contributed by atoms with Gasteiger partial charge in [0.1, 0.15) is 42.7 Å². The molecule has 0 aromatic rings. The third-order valence-corrected chi connectivity index (χ3v) is 10.8. The highest BCUT2D eigenvalue weighted by atomic mass is 16.7. The fourth-order valence-corrected chi connectivity index (χ4v) is 7.92. The van der Waals surface area contributed by atoms with Gasteiger partial charge >= 0.3 is 5.97 Å². The second-order valence-corrected chi connectivity index (χ2v) is 14.5. The van der Waals surface area contributed by atoms with Crippen molar-refractivity contribution in [2.45, 2.75) is 158 Å². The highest BCUT2D eigenvalue weighted by molar-refractivity contribution is 5.78. The molecule has 2 amide bonds. The zero-order valence-corrected chi connectivity index (χ0v) is 29.7. The molecule has 2 saturated carbocycles. The van der Waals surface area contributed by atoms with E-state index in [4.69, 9.17) is 29.4 Å². The molecule has 17 nitrogen and oxygen atoms in total. The van der Waals surface area contributed by atoms with Gasteiger partial charge in [0.15, 0.2) is 18.7 Å². The molecule has 2 aliphatic heterocycles. The van der Waals surface area contributed by atoms with Gasteiger partial charge in [-0.05, 0) is 38.0 Å². The number of aliphatic hydroxyl groups is 5. The first kappa shape index (κ1) is 41.7. The van der Waals surface area contributed by atoms with Crippen LogP contribution in [0, 0.1) is 17.8 Å². The number of aliphatic hydroxyl groups excluding tert-OH is 5. The summed E-state index contributed by atoms with van der Waals surface area (Å²) in [6.45, 7) is 4.41. The van der Waals surface area contributed by atoms with Crippen molar-refractivity contribution in [1.82, 2.24) is 10.6 Å². The van der Waals surface area contributed by atoms with Crippen LogP contribution in [-0.2, 0) is 38.1 Å². The van der Waals surface area contributed by atoms with E-state index in [2.05, 4.69) is 10.6 Å². The Bertz CT molecular complexity index is 1130. The minimum Gasteiger partial charge on any atom is -0.479 e. The Kier molecular flexibility index (Phi) is 15.8. The van der Waals surface area contributed by atoms with E-state index in [1.54, 1.807) is 0 Å². The maximum atomic E-state index is 13.3. The second kappa shape index (κ2) is 19.3. The summed E-state index contributed by atoms with van der Waals surface area (Å²) in [4.78, 5) is 38.3. The highest BCUT2D eigenvalue weighted by Gasteiger charge is 2.52. The summed E-state index contributed by atoms with van der Waals surface area (Å²) >= 11 is 0. The van der Waals surface area contributed by atoms with Gasteiger partial charge in [0.25, 0.3) is 0 Å². The predicted molar refractivity (Wildman–Crippen MR) is 178 cm³/mol. The molecular formula is C34H59N3O14. The zero-order chi connectivity index (χ0) is 37.4. The molecule has 10 N–H and O–H groups in total. The SMILES string of the molecule is CCC1CC(C(=O)NCCN)C[C@@H](O[C@@H]2OC(CO)C(O)C(O[C@@H](CC3CCCCC3)C(=O)O)C2NC(C)=O)C1OC1O[C@@H](C)C(O)C(O)[C@@H]1O. The van der Waals surface area contributed by atoms with Gasteiger partial charge in [-0.15, -0.1) is 0 Å². The monoisotopic (exact) mass is 733 g/mol. The number of rotatable bonds is 15. The summed E-state index contributed by atoms with van der Waals surface area (Å²) < 4.78 is 30.8. The second-order valence-electron chi connectivity index (χ2n) is 14.5. The number of ether oxygens (including phenoxy) is 5. The van der Waals surface area contributed by atoms with E-state index < -0.39 is 104 Å². The average molecular weight is 734 g/mol. The number of carbonyl (C=O) groups is 3. The summed E-state index contributed by atoms with van der Waals surface area (Å²) in [5.41, 5.74) is 5.62. The van der Waals surface area contributed by atoms with Crippen LogP contribution in [0.15, 0.2) is 0 Å². The smallest absolute Gasteiger partial charge is 0.332 e. The van der Waals surface area contributed by atoms with Gasteiger partial charge < -0.3 is 70.7 Å². The molecule has 0 spiro atoms. The molecule has 0 aromatic heterocycles. The molecule has 4 fully saturated rings. The van der Waals surface area contributed by atoms with Gasteiger partial charge in [0.05, 0.1) is 24.9 Å². The molecule has 0 aromatic carbocycles. The van der Waals surface area contributed by atoms with Crippen molar-refractivity contribution in [2.75, 3.05) is 19.7 Å². The lowest BCUT2D eigenvalue weighted by atomic mass is 9.75. The van der Waals surface area contributed by atoms with Crippen molar-refractivity contribution in [2.24, 2.45) is 23.5 Å². The third-order valence-electron chi connectivity index (χ3n) is 10.8. The zero-order valence-electron chi connectivity index (χ0n) is 29.7. The number of carboxylic acid groups (broad SMARTS) is 1. The molecule has 17 heteroatoms. The maximum absolute atomic E-state index is 13.3. The van der Waals surface area contributed by atoms with E-state index in [1.807, 2.05) is 6.92 Å². The summed E-state index contributed by atoms with van der Waals surface area (Å²) in [7, 11) is 0. The van der Waals surface area contributed by atoms with Gasteiger partial charge in [-0.3, -0.25) is 9.59 Å². The van der Waals surface area contributed by atoms with E-state index in [9.17, 15) is 45.0 Å². The van der Waals surface area contributed by atoms with Crippen LogP contribution in [0.2, 0.25) is 0 Å². The minimum atomic E-state index is -1.62. The van der Waals surface area contributed by atoms with Crippen LogP contribution in [0.3, 0.4) is 0 Å². The van der Waals surface area contributed by atoms with E-state index in [1.165, 1.54) is 13.8 Å². The van der Waals surface area contributed by atoms with Crippen molar-refractivity contribution in [3.05, 3.63) is 0 Å². The topological polar surface area (TPSA) is 269 Å². The molecule has 4 rings (SSSR count).